The molecule has 0 fully saturated rings. The average molecular weight is 347 g/mol. The number of rotatable bonds is 5. The van der Waals surface area contributed by atoms with Crippen molar-refractivity contribution in [3.05, 3.63) is 66.2 Å². The van der Waals surface area contributed by atoms with E-state index in [1.807, 2.05) is 22.9 Å². The Bertz CT molecular complexity index is 1110. The van der Waals surface area contributed by atoms with Gasteiger partial charge in [0.25, 0.3) is 5.91 Å². The van der Waals surface area contributed by atoms with Crippen molar-refractivity contribution in [3.63, 3.8) is 0 Å². The number of nitrogens with one attached hydrogen (secondary N) is 2. The van der Waals surface area contributed by atoms with Gasteiger partial charge in [-0.05, 0) is 24.3 Å². The molecule has 0 saturated heterocycles. The molecular weight excluding hydrogens is 330 g/mol. The summed E-state index contributed by atoms with van der Waals surface area (Å²) in [6, 6.07) is 10.7. The van der Waals surface area contributed by atoms with Gasteiger partial charge in [0.2, 0.25) is 5.91 Å². The molecule has 7 nitrogen and oxygen atoms in total. The van der Waals surface area contributed by atoms with Crippen LogP contribution in [0.2, 0.25) is 0 Å². The molecule has 0 bridgehead atoms. The van der Waals surface area contributed by atoms with E-state index in [0.717, 1.165) is 21.8 Å². The number of nitrogens with two attached hydrogens (primary N) is 1. The lowest BCUT2D eigenvalue weighted by molar-refractivity contribution is 0.0952. The summed E-state index contributed by atoms with van der Waals surface area (Å²) in [5.41, 5.74) is 7.96. The molecule has 0 radical (unpaired) electrons. The molecule has 2 aromatic heterocycles. The number of para-hydroxylation sites is 1. The molecule has 2 aromatic carbocycles. The van der Waals surface area contributed by atoms with E-state index in [0.29, 0.717) is 24.2 Å². The van der Waals surface area contributed by atoms with E-state index in [9.17, 15) is 9.59 Å². The van der Waals surface area contributed by atoms with Crippen LogP contribution in [0.3, 0.4) is 0 Å². The fraction of sp³-hybridized carbons (Fsp3) is 0.105. The number of carbonyl (C=O) groups is 2. The minimum absolute atomic E-state index is 0.155. The first kappa shape index (κ1) is 15.9. The van der Waals surface area contributed by atoms with Crippen LogP contribution in [0.1, 0.15) is 20.7 Å². The number of aromatic nitrogens is 3. The molecule has 0 aliphatic carbocycles. The third kappa shape index (κ3) is 2.79. The van der Waals surface area contributed by atoms with Gasteiger partial charge in [-0.3, -0.25) is 9.59 Å². The Morgan fingerprint density at radius 1 is 1.19 bits per heavy atom. The first-order chi connectivity index (χ1) is 12.6. The van der Waals surface area contributed by atoms with Crippen LogP contribution in [0, 0.1) is 0 Å². The number of nitrogens with zero attached hydrogens (tertiary/aromatic N) is 2. The minimum atomic E-state index is -0.477. The number of aromatic amines is 1. The highest BCUT2D eigenvalue weighted by Crippen LogP contribution is 2.28. The molecule has 0 spiro atoms. The quantitative estimate of drug-likeness (QED) is 0.514. The number of benzene rings is 2. The van der Waals surface area contributed by atoms with Crippen LogP contribution in [0.5, 0.6) is 0 Å². The molecule has 7 heteroatoms. The maximum atomic E-state index is 12.6. The second-order valence-corrected chi connectivity index (χ2v) is 6.03. The summed E-state index contributed by atoms with van der Waals surface area (Å²) in [4.78, 5) is 31.3. The summed E-state index contributed by atoms with van der Waals surface area (Å²) in [6.45, 7) is 1.15. The van der Waals surface area contributed by atoms with Gasteiger partial charge >= 0.3 is 0 Å². The summed E-state index contributed by atoms with van der Waals surface area (Å²) in [7, 11) is 0. The number of hydrogen-bond acceptors (Lipinski definition) is 3. The van der Waals surface area contributed by atoms with Crippen molar-refractivity contribution >= 4 is 33.6 Å². The van der Waals surface area contributed by atoms with Crippen LogP contribution in [-0.2, 0) is 6.54 Å². The second kappa shape index (κ2) is 6.36. The van der Waals surface area contributed by atoms with Crippen LogP contribution in [0.15, 0.2) is 55.1 Å². The van der Waals surface area contributed by atoms with Crippen molar-refractivity contribution in [3.8, 4) is 0 Å². The van der Waals surface area contributed by atoms with Gasteiger partial charge in [-0.1, -0.05) is 12.1 Å². The number of imidazole rings is 1. The highest BCUT2D eigenvalue weighted by molar-refractivity contribution is 6.16. The second-order valence-electron chi connectivity index (χ2n) is 6.03. The van der Waals surface area contributed by atoms with Crippen LogP contribution in [0.4, 0.5) is 0 Å². The molecule has 4 aromatic rings. The molecule has 0 saturated carbocycles. The van der Waals surface area contributed by atoms with Gasteiger partial charge in [0.15, 0.2) is 0 Å². The molecular formula is C19H17N5O2. The first-order valence-electron chi connectivity index (χ1n) is 8.21. The molecule has 2 amide bonds. The lowest BCUT2D eigenvalue weighted by Crippen LogP contribution is -2.27. The molecule has 26 heavy (non-hydrogen) atoms. The van der Waals surface area contributed by atoms with Crippen molar-refractivity contribution in [2.45, 2.75) is 6.54 Å². The van der Waals surface area contributed by atoms with Crippen molar-refractivity contribution in [2.24, 2.45) is 5.73 Å². The van der Waals surface area contributed by atoms with Gasteiger partial charge in [0, 0.05) is 47.3 Å². The van der Waals surface area contributed by atoms with Gasteiger partial charge in [-0.15, -0.1) is 0 Å². The van der Waals surface area contributed by atoms with E-state index in [1.165, 1.54) is 0 Å². The van der Waals surface area contributed by atoms with E-state index in [1.54, 1.807) is 36.8 Å². The van der Waals surface area contributed by atoms with Crippen molar-refractivity contribution in [1.29, 1.82) is 0 Å². The fourth-order valence-corrected chi connectivity index (χ4v) is 3.08. The van der Waals surface area contributed by atoms with E-state index in [2.05, 4.69) is 15.3 Å². The molecule has 0 atom stereocenters. The van der Waals surface area contributed by atoms with Crippen LogP contribution in [-0.4, -0.2) is 32.9 Å². The van der Waals surface area contributed by atoms with Crippen LogP contribution >= 0.6 is 0 Å². The fourth-order valence-electron chi connectivity index (χ4n) is 3.08. The number of H-pyrrole nitrogens is 1. The number of fused-ring (bicyclic) bond motifs is 3. The first-order valence-corrected chi connectivity index (χ1v) is 8.21. The topological polar surface area (TPSA) is 106 Å². The zero-order valence-corrected chi connectivity index (χ0v) is 13.9. The number of primary amides is 1. The van der Waals surface area contributed by atoms with Gasteiger partial charge in [-0.2, -0.15) is 0 Å². The number of hydrogen-bond donors (Lipinski definition) is 3. The summed E-state index contributed by atoms with van der Waals surface area (Å²) >= 11 is 0. The Balaban J connectivity index is 1.65. The SMILES string of the molecule is NC(=O)c1ccc2[nH]c3c(C(=O)NCCn4ccnc4)cccc3c2c1. The van der Waals surface area contributed by atoms with Crippen LogP contribution in [0.25, 0.3) is 21.8 Å². The maximum absolute atomic E-state index is 12.6. The van der Waals surface area contributed by atoms with Crippen molar-refractivity contribution < 1.29 is 9.59 Å². The molecule has 4 rings (SSSR count). The zero-order valence-electron chi connectivity index (χ0n) is 13.9. The highest BCUT2D eigenvalue weighted by atomic mass is 16.2. The highest BCUT2D eigenvalue weighted by Gasteiger charge is 2.14. The van der Waals surface area contributed by atoms with Gasteiger partial charge < -0.3 is 20.6 Å². The predicted octanol–water partition coefficient (Wildman–Crippen LogP) is 2.05. The van der Waals surface area contributed by atoms with E-state index >= 15 is 0 Å². The standard InChI is InChI=1S/C19H17N5O2/c20-18(25)12-4-5-16-15(10-12)13-2-1-3-14(17(13)23-16)19(26)22-7-9-24-8-6-21-11-24/h1-6,8,10-11,23H,7,9H2,(H2,20,25)(H,22,26). The van der Waals surface area contributed by atoms with Gasteiger partial charge in [-0.25, -0.2) is 4.98 Å². The molecule has 4 N–H and O–H groups in total. The van der Waals surface area contributed by atoms with E-state index in [-0.39, 0.29) is 5.91 Å². The molecule has 0 aliphatic rings. The number of carbonyl (C=O) groups excluding carboxylic acids is 2. The lowest BCUT2D eigenvalue weighted by atomic mass is 10.1. The Hall–Kier alpha value is -3.61. The summed E-state index contributed by atoms with van der Waals surface area (Å²) in [5.74, 6) is -0.632. The normalized spacial score (nSPS) is 11.1. The lowest BCUT2D eigenvalue weighted by Gasteiger charge is -2.07. The zero-order chi connectivity index (χ0) is 18.1. The minimum Gasteiger partial charge on any atom is -0.366 e. The largest absolute Gasteiger partial charge is 0.366 e. The Morgan fingerprint density at radius 3 is 2.85 bits per heavy atom. The van der Waals surface area contributed by atoms with Gasteiger partial charge in [0.05, 0.1) is 17.4 Å². The maximum Gasteiger partial charge on any atom is 0.253 e. The monoisotopic (exact) mass is 347 g/mol. The van der Waals surface area contributed by atoms with Gasteiger partial charge in [0.1, 0.15) is 0 Å². The Kier molecular flexibility index (Phi) is 3.89. The number of amides is 2. The third-order valence-corrected chi connectivity index (χ3v) is 4.38. The van der Waals surface area contributed by atoms with Crippen molar-refractivity contribution in [1.82, 2.24) is 19.9 Å². The van der Waals surface area contributed by atoms with E-state index in [4.69, 9.17) is 5.73 Å². The summed E-state index contributed by atoms with van der Waals surface area (Å²) < 4.78 is 1.90. The smallest absolute Gasteiger partial charge is 0.253 e. The predicted molar refractivity (Wildman–Crippen MR) is 98.9 cm³/mol. The Labute approximate surface area is 148 Å². The van der Waals surface area contributed by atoms with Crippen LogP contribution < -0.4 is 11.1 Å². The summed E-state index contributed by atoms with van der Waals surface area (Å²) in [5, 5.41) is 4.67. The molecule has 0 unspecified atom stereocenters. The molecule has 0 aliphatic heterocycles. The molecule has 130 valence electrons. The van der Waals surface area contributed by atoms with Crippen molar-refractivity contribution in [2.75, 3.05) is 6.54 Å². The Morgan fingerprint density at radius 2 is 2.08 bits per heavy atom. The third-order valence-electron chi connectivity index (χ3n) is 4.38. The van der Waals surface area contributed by atoms with E-state index < -0.39 is 5.91 Å². The molecule has 2 heterocycles. The summed E-state index contributed by atoms with van der Waals surface area (Å²) in [6.07, 6.45) is 5.26. The average Bonchev–Trinajstić information content (AvgIpc) is 3.28.